The van der Waals surface area contributed by atoms with E-state index in [-0.39, 0.29) is 29.1 Å². The van der Waals surface area contributed by atoms with E-state index in [1.54, 1.807) is 0 Å². The molecule has 2 bridgehead atoms. The first-order valence-electron chi connectivity index (χ1n) is 8.34. The summed E-state index contributed by atoms with van der Waals surface area (Å²) in [6.45, 7) is 0. The van der Waals surface area contributed by atoms with Gasteiger partial charge in [0.05, 0.1) is 19.8 Å². The maximum Gasteiger partial charge on any atom is 0.338 e. The Labute approximate surface area is 146 Å². The van der Waals surface area contributed by atoms with E-state index in [4.69, 9.17) is 14.2 Å². The molecule has 0 amide bonds. The van der Waals surface area contributed by atoms with Crippen molar-refractivity contribution in [2.45, 2.75) is 37.5 Å². The van der Waals surface area contributed by atoms with Crippen molar-refractivity contribution in [2.24, 2.45) is 5.92 Å². The molecule has 25 heavy (non-hydrogen) atoms. The minimum atomic E-state index is -0.569. The van der Waals surface area contributed by atoms with Crippen molar-refractivity contribution in [1.29, 1.82) is 0 Å². The Morgan fingerprint density at radius 3 is 2.64 bits per heavy atom. The van der Waals surface area contributed by atoms with Crippen molar-refractivity contribution in [2.75, 3.05) is 21.3 Å². The number of nitrogens with zero attached hydrogens (tertiary/aromatic N) is 1. The van der Waals surface area contributed by atoms with Gasteiger partial charge < -0.3 is 19.3 Å². The fourth-order valence-corrected chi connectivity index (χ4v) is 4.01. The van der Waals surface area contributed by atoms with E-state index in [0.717, 1.165) is 12.8 Å². The predicted molar refractivity (Wildman–Crippen MR) is 88.6 cm³/mol. The summed E-state index contributed by atoms with van der Waals surface area (Å²) in [4.78, 5) is 27.0. The highest BCUT2D eigenvalue weighted by molar-refractivity contribution is 5.90. The zero-order valence-corrected chi connectivity index (χ0v) is 14.6. The summed E-state index contributed by atoms with van der Waals surface area (Å²) < 4.78 is 15.6. The van der Waals surface area contributed by atoms with Gasteiger partial charge in [-0.3, -0.25) is 9.69 Å². The molecule has 3 rings (SSSR count). The van der Waals surface area contributed by atoms with Gasteiger partial charge in [0.15, 0.2) is 11.5 Å². The third kappa shape index (κ3) is 3.16. The molecule has 2 heterocycles. The van der Waals surface area contributed by atoms with E-state index >= 15 is 0 Å². The molecule has 0 aliphatic carbocycles. The summed E-state index contributed by atoms with van der Waals surface area (Å²) in [7, 11) is 4.78. The number of piperidine rings is 1. The van der Waals surface area contributed by atoms with Crippen molar-refractivity contribution in [1.82, 2.24) is 4.90 Å². The minimum absolute atomic E-state index is 0.0215. The fourth-order valence-electron chi connectivity index (χ4n) is 4.01. The number of rotatable bonds is 4. The van der Waals surface area contributed by atoms with Crippen LogP contribution in [-0.2, 0) is 14.3 Å². The smallest absolute Gasteiger partial charge is 0.338 e. The number of aromatic hydroxyl groups is 1. The van der Waals surface area contributed by atoms with Crippen molar-refractivity contribution < 1.29 is 28.9 Å². The number of carbonyl (C=O) groups excluding carboxylic acids is 2. The summed E-state index contributed by atoms with van der Waals surface area (Å²) in [5.74, 6) is -1.27. The second-order valence-electron chi connectivity index (χ2n) is 6.58. The summed E-state index contributed by atoms with van der Waals surface area (Å²) in [5, 5.41) is 9.84. The number of ether oxygens (including phenoxy) is 3. The molecule has 1 aromatic rings. The monoisotopic (exact) mass is 349 g/mol. The average Bonchev–Trinajstić information content (AvgIpc) is 2.84. The van der Waals surface area contributed by atoms with Crippen molar-refractivity contribution in [3.8, 4) is 11.5 Å². The van der Waals surface area contributed by atoms with Gasteiger partial charge in [0.1, 0.15) is 12.0 Å². The van der Waals surface area contributed by atoms with E-state index in [0.29, 0.717) is 12.5 Å². The SMILES string of the molecule is COC(=O)[C@H]1[C@@H](OC(=O)c2ccc(OC)c(O)c2)C[C@@H]2CC[C@H]1N2C. The van der Waals surface area contributed by atoms with Crippen LogP contribution in [0.5, 0.6) is 11.5 Å². The van der Waals surface area contributed by atoms with Gasteiger partial charge in [0.2, 0.25) is 0 Å². The van der Waals surface area contributed by atoms with E-state index in [2.05, 4.69) is 4.90 Å². The third-order valence-electron chi connectivity index (χ3n) is 5.36. The molecule has 0 unspecified atom stereocenters. The van der Waals surface area contributed by atoms with Gasteiger partial charge in [-0.2, -0.15) is 0 Å². The molecular weight excluding hydrogens is 326 g/mol. The Kier molecular flexibility index (Phi) is 4.85. The molecule has 2 saturated heterocycles. The molecule has 1 N–H and O–H groups in total. The molecule has 2 fully saturated rings. The number of phenols is 1. The Morgan fingerprint density at radius 2 is 2.00 bits per heavy atom. The number of hydrogen-bond acceptors (Lipinski definition) is 7. The van der Waals surface area contributed by atoms with Gasteiger partial charge in [-0.25, -0.2) is 4.79 Å². The van der Waals surface area contributed by atoms with Gasteiger partial charge in [-0.05, 0) is 38.1 Å². The number of carbonyl (C=O) groups is 2. The van der Waals surface area contributed by atoms with Gasteiger partial charge in [-0.1, -0.05) is 0 Å². The Bertz CT molecular complexity index is 676. The van der Waals surface area contributed by atoms with Crippen LogP contribution in [0.4, 0.5) is 0 Å². The number of hydrogen-bond donors (Lipinski definition) is 1. The first-order valence-corrected chi connectivity index (χ1v) is 8.34. The van der Waals surface area contributed by atoms with Crippen LogP contribution < -0.4 is 4.74 Å². The van der Waals surface area contributed by atoms with E-state index in [1.165, 1.54) is 32.4 Å². The fraction of sp³-hybridized carbons (Fsp3) is 0.556. The van der Waals surface area contributed by atoms with Crippen LogP contribution >= 0.6 is 0 Å². The highest BCUT2D eigenvalue weighted by atomic mass is 16.6. The Balaban J connectivity index is 1.79. The average molecular weight is 349 g/mol. The Morgan fingerprint density at radius 1 is 1.24 bits per heavy atom. The van der Waals surface area contributed by atoms with Crippen molar-refractivity contribution in [3.63, 3.8) is 0 Å². The van der Waals surface area contributed by atoms with E-state index in [1.807, 2.05) is 7.05 Å². The second-order valence-corrected chi connectivity index (χ2v) is 6.58. The van der Waals surface area contributed by atoms with Crippen LogP contribution in [0.25, 0.3) is 0 Å². The van der Waals surface area contributed by atoms with Crippen LogP contribution in [0.3, 0.4) is 0 Å². The maximum absolute atomic E-state index is 12.5. The molecule has 1 aromatic carbocycles. The maximum atomic E-state index is 12.5. The van der Waals surface area contributed by atoms with Crippen molar-refractivity contribution >= 4 is 11.9 Å². The molecule has 0 radical (unpaired) electrons. The number of methoxy groups -OCH3 is 2. The second kappa shape index (κ2) is 6.92. The van der Waals surface area contributed by atoms with Crippen LogP contribution in [0.1, 0.15) is 29.6 Å². The van der Waals surface area contributed by atoms with Crippen LogP contribution in [-0.4, -0.2) is 61.4 Å². The molecule has 4 atom stereocenters. The molecule has 0 saturated carbocycles. The summed E-state index contributed by atoms with van der Waals surface area (Å²) in [5.41, 5.74) is 0.216. The largest absolute Gasteiger partial charge is 0.504 e. The van der Waals surface area contributed by atoms with Gasteiger partial charge >= 0.3 is 11.9 Å². The third-order valence-corrected chi connectivity index (χ3v) is 5.36. The van der Waals surface area contributed by atoms with Crippen LogP contribution in [0, 0.1) is 5.92 Å². The molecular formula is C18H23NO6. The zero-order chi connectivity index (χ0) is 18.1. The molecule has 2 aliphatic rings. The molecule has 2 aliphatic heterocycles. The lowest BCUT2D eigenvalue weighted by Gasteiger charge is -2.40. The predicted octanol–water partition coefficient (Wildman–Crippen LogP) is 1.58. The summed E-state index contributed by atoms with van der Waals surface area (Å²) in [6, 6.07) is 4.65. The minimum Gasteiger partial charge on any atom is -0.504 e. The lowest BCUT2D eigenvalue weighted by Crippen LogP contribution is -2.53. The first kappa shape index (κ1) is 17.5. The quantitative estimate of drug-likeness (QED) is 0.826. The first-order chi connectivity index (χ1) is 12.0. The molecule has 0 spiro atoms. The number of esters is 2. The topological polar surface area (TPSA) is 85.3 Å². The number of fused-ring (bicyclic) bond motifs is 2. The van der Waals surface area contributed by atoms with E-state index in [9.17, 15) is 14.7 Å². The molecule has 7 nitrogen and oxygen atoms in total. The van der Waals surface area contributed by atoms with Gasteiger partial charge in [0, 0.05) is 18.5 Å². The Hall–Kier alpha value is -2.28. The van der Waals surface area contributed by atoms with Gasteiger partial charge in [-0.15, -0.1) is 0 Å². The van der Waals surface area contributed by atoms with Crippen LogP contribution in [0.2, 0.25) is 0 Å². The van der Waals surface area contributed by atoms with Gasteiger partial charge in [0.25, 0.3) is 0 Å². The molecule has 0 aromatic heterocycles. The highest BCUT2D eigenvalue weighted by Crippen LogP contribution is 2.40. The number of benzene rings is 1. The summed E-state index contributed by atoms with van der Waals surface area (Å²) >= 11 is 0. The standard InChI is InChI=1S/C18H23NO6/c1-19-11-5-6-12(19)16(18(22)24-3)15(9-11)25-17(21)10-4-7-14(23-2)13(20)8-10/h4,7-8,11-12,15-16,20H,5-6,9H2,1-3H3/t11-,12+,15-,16+/m0/s1. The normalized spacial score (nSPS) is 28.4. The zero-order valence-electron chi connectivity index (χ0n) is 14.6. The lowest BCUT2D eigenvalue weighted by atomic mass is 9.87. The lowest BCUT2D eigenvalue weighted by molar-refractivity contribution is -0.156. The van der Waals surface area contributed by atoms with Crippen LogP contribution in [0.15, 0.2) is 18.2 Å². The van der Waals surface area contributed by atoms with E-state index < -0.39 is 18.0 Å². The molecule has 136 valence electrons. The highest BCUT2D eigenvalue weighted by Gasteiger charge is 2.51. The summed E-state index contributed by atoms with van der Waals surface area (Å²) in [6.07, 6.45) is 1.93. The number of phenolic OH excluding ortho intramolecular Hbond substituents is 1. The van der Waals surface area contributed by atoms with Crippen molar-refractivity contribution in [3.05, 3.63) is 23.8 Å². The molecule has 7 heteroatoms.